The summed E-state index contributed by atoms with van der Waals surface area (Å²) in [5.41, 5.74) is 0.500. The number of carbonyl (C=O) groups excluding carboxylic acids is 2. The zero-order valence-corrected chi connectivity index (χ0v) is 8.96. The summed E-state index contributed by atoms with van der Waals surface area (Å²) in [6, 6.07) is 8.73. The average molecular weight is 218 g/mol. The van der Waals surface area contributed by atoms with Gasteiger partial charge in [0.05, 0.1) is 5.56 Å². The van der Waals surface area contributed by atoms with Crippen LogP contribution >= 0.6 is 0 Å². The van der Waals surface area contributed by atoms with Crippen molar-refractivity contribution >= 4 is 12.3 Å². The minimum absolute atomic E-state index is 0.360. The molecule has 1 unspecified atom stereocenters. The number of hydrogen-bond donors (Lipinski definition) is 0. The molecule has 0 aliphatic heterocycles. The number of hydrogen-bond acceptors (Lipinski definition) is 3. The van der Waals surface area contributed by atoms with Gasteiger partial charge in [0.1, 0.15) is 12.4 Å². The molecule has 1 atom stereocenters. The van der Waals surface area contributed by atoms with E-state index in [1.165, 1.54) is 6.08 Å². The standard InChI is InChI=1S/C13H14O3/c1-2-12(9-6-10-14)16-13(15)11-7-4-3-5-8-11/h2-5,7-8,10,12H,1,6,9H2. The van der Waals surface area contributed by atoms with Crippen LogP contribution in [-0.4, -0.2) is 18.4 Å². The topological polar surface area (TPSA) is 43.4 Å². The molecule has 3 heteroatoms. The molecule has 0 N–H and O–H groups in total. The van der Waals surface area contributed by atoms with Crippen LogP contribution in [0.3, 0.4) is 0 Å². The van der Waals surface area contributed by atoms with Gasteiger partial charge in [-0.1, -0.05) is 30.9 Å². The summed E-state index contributed by atoms with van der Waals surface area (Å²) < 4.78 is 5.17. The summed E-state index contributed by atoms with van der Waals surface area (Å²) in [5.74, 6) is -0.392. The largest absolute Gasteiger partial charge is 0.455 e. The third kappa shape index (κ3) is 3.69. The highest BCUT2D eigenvalue weighted by molar-refractivity contribution is 5.89. The van der Waals surface area contributed by atoms with E-state index >= 15 is 0 Å². The van der Waals surface area contributed by atoms with Crippen molar-refractivity contribution < 1.29 is 14.3 Å². The molecule has 1 aromatic carbocycles. The molecule has 1 aromatic rings. The Bertz CT molecular complexity index is 357. The first kappa shape index (κ1) is 12.2. The van der Waals surface area contributed by atoms with E-state index in [1.807, 2.05) is 6.07 Å². The molecule has 0 radical (unpaired) electrons. The molecule has 16 heavy (non-hydrogen) atoms. The van der Waals surface area contributed by atoms with Crippen LogP contribution < -0.4 is 0 Å². The van der Waals surface area contributed by atoms with Gasteiger partial charge in [-0.25, -0.2) is 4.79 Å². The van der Waals surface area contributed by atoms with E-state index in [4.69, 9.17) is 4.74 Å². The monoisotopic (exact) mass is 218 g/mol. The van der Waals surface area contributed by atoms with E-state index in [-0.39, 0.29) is 0 Å². The van der Waals surface area contributed by atoms with Crippen molar-refractivity contribution in [2.75, 3.05) is 0 Å². The van der Waals surface area contributed by atoms with E-state index in [0.717, 1.165) is 6.29 Å². The lowest BCUT2D eigenvalue weighted by atomic mass is 10.2. The van der Waals surface area contributed by atoms with Crippen LogP contribution in [0.5, 0.6) is 0 Å². The maximum absolute atomic E-state index is 11.6. The Morgan fingerprint density at radius 1 is 1.38 bits per heavy atom. The SMILES string of the molecule is C=CC(CCC=O)OC(=O)c1ccccc1. The molecule has 3 nitrogen and oxygen atoms in total. The second kappa shape index (κ2) is 6.56. The molecule has 0 saturated carbocycles. The molecule has 1 rings (SSSR count). The van der Waals surface area contributed by atoms with E-state index in [0.29, 0.717) is 18.4 Å². The maximum atomic E-state index is 11.6. The van der Waals surface area contributed by atoms with Crippen LogP contribution in [0.25, 0.3) is 0 Å². The van der Waals surface area contributed by atoms with Crippen molar-refractivity contribution in [2.24, 2.45) is 0 Å². The summed E-state index contributed by atoms with van der Waals surface area (Å²) in [6.07, 6.45) is 2.76. The first-order valence-electron chi connectivity index (χ1n) is 5.10. The Balaban J connectivity index is 2.55. The zero-order chi connectivity index (χ0) is 11.8. The normalized spacial score (nSPS) is 11.5. The molecule has 84 valence electrons. The Morgan fingerprint density at radius 2 is 2.06 bits per heavy atom. The molecule has 0 bridgehead atoms. The fourth-order valence-corrected chi connectivity index (χ4v) is 1.24. The maximum Gasteiger partial charge on any atom is 0.338 e. The second-order valence-corrected chi connectivity index (χ2v) is 3.29. The average Bonchev–Trinajstić information content (AvgIpc) is 2.35. The minimum atomic E-state index is -0.405. The van der Waals surface area contributed by atoms with Gasteiger partial charge < -0.3 is 9.53 Å². The van der Waals surface area contributed by atoms with Gasteiger partial charge in [-0.15, -0.1) is 0 Å². The van der Waals surface area contributed by atoms with Crippen molar-refractivity contribution in [2.45, 2.75) is 18.9 Å². The van der Waals surface area contributed by atoms with Gasteiger partial charge in [0, 0.05) is 6.42 Å². The van der Waals surface area contributed by atoms with Crippen molar-refractivity contribution in [1.29, 1.82) is 0 Å². The summed E-state index contributed by atoms with van der Waals surface area (Å²) in [6.45, 7) is 3.57. The number of esters is 1. The molecule has 0 spiro atoms. The predicted octanol–water partition coefficient (Wildman–Crippen LogP) is 2.38. The fourth-order valence-electron chi connectivity index (χ4n) is 1.24. The highest BCUT2D eigenvalue weighted by atomic mass is 16.5. The molecule has 0 saturated heterocycles. The number of benzene rings is 1. The highest BCUT2D eigenvalue weighted by Gasteiger charge is 2.12. The third-order valence-electron chi connectivity index (χ3n) is 2.10. The summed E-state index contributed by atoms with van der Waals surface area (Å²) in [5, 5.41) is 0. The molecule has 0 amide bonds. The fraction of sp³-hybridized carbons (Fsp3) is 0.231. The van der Waals surface area contributed by atoms with Crippen molar-refractivity contribution in [3.05, 3.63) is 48.6 Å². The van der Waals surface area contributed by atoms with E-state index in [2.05, 4.69) is 6.58 Å². The van der Waals surface area contributed by atoms with Gasteiger partial charge in [-0.05, 0) is 18.6 Å². The second-order valence-electron chi connectivity index (χ2n) is 3.29. The number of ether oxygens (including phenoxy) is 1. The van der Waals surface area contributed by atoms with E-state index < -0.39 is 12.1 Å². The summed E-state index contributed by atoms with van der Waals surface area (Å²) in [4.78, 5) is 21.8. The van der Waals surface area contributed by atoms with Gasteiger partial charge in [-0.2, -0.15) is 0 Å². The summed E-state index contributed by atoms with van der Waals surface area (Å²) in [7, 11) is 0. The van der Waals surface area contributed by atoms with Crippen LogP contribution in [0.4, 0.5) is 0 Å². The van der Waals surface area contributed by atoms with Gasteiger partial charge in [0.2, 0.25) is 0 Å². The summed E-state index contributed by atoms with van der Waals surface area (Å²) >= 11 is 0. The molecule has 0 fully saturated rings. The number of rotatable bonds is 6. The lowest BCUT2D eigenvalue weighted by Crippen LogP contribution is -2.16. The Kier molecular flexibility index (Phi) is 4.99. The van der Waals surface area contributed by atoms with Gasteiger partial charge in [0.25, 0.3) is 0 Å². The molecule has 0 aliphatic carbocycles. The minimum Gasteiger partial charge on any atom is -0.455 e. The first-order chi connectivity index (χ1) is 7.77. The number of carbonyl (C=O) groups is 2. The van der Waals surface area contributed by atoms with Crippen LogP contribution in [0.15, 0.2) is 43.0 Å². The predicted molar refractivity (Wildman–Crippen MR) is 61.1 cm³/mol. The smallest absolute Gasteiger partial charge is 0.338 e. The van der Waals surface area contributed by atoms with Crippen molar-refractivity contribution in [3.63, 3.8) is 0 Å². The molecular weight excluding hydrogens is 204 g/mol. The van der Waals surface area contributed by atoms with Crippen LogP contribution in [0, 0.1) is 0 Å². The zero-order valence-electron chi connectivity index (χ0n) is 8.96. The van der Waals surface area contributed by atoms with E-state index in [9.17, 15) is 9.59 Å². The van der Waals surface area contributed by atoms with Crippen LogP contribution in [0.1, 0.15) is 23.2 Å². The van der Waals surface area contributed by atoms with Crippen molar-refractivity contribution in [3.8, 4) is 0 Å². The molecule has 0 aliphatic rings. The molecular formula is C13H14O3. The van der Waals surface area contributed by atoms with Gasteiger partial charge in [-0.3, -0.25) is 0 Å². The Hall–Kier alpha value is -1.90. The van der Waals surface area contributed by atoms with Crippen LogP contribution in [-0.2, 0) is 9.53 Å². The molecule has 0 aromatic heterocycles. The quantitative estimate of drug-likeness (QED) is 0.418. The first-order valence-corrected chi connectivity index (χ1v) is 5.10. The number of aldehydes is 1. The van der Waals surface area contributed by atoms with Gasteiger partial charge in [0.15, 0.2) is 0 Å². The van der Waals surface area contributed by atoms with E-state index in [1.54, 1.807) is 24.3 Å². The lowest BCUT2D eigenvalue weighted by molar-refractivity contribution is -0.108. The lowest BCUT2D eigenvalue weighted by Gasteiger charge is -2.12. The molecule has 0 heterocycles. The van der Waals surface area contributed by atoms with Gasteiger partial charge >= 0.3 is 5.97 Å². The van der Waals surface area contributed by atoms with Crippen molar-refractivity contribution in [1.82, 2.24) is 0 Å². The Labute approximate surface area is 94.7 Å². The van der Waals surface area contributed by atoms with Crippen LogP contribution in [0.2, 0.25) is 0 Å². The Morgan fingerprint density at radius 3 is 2.62 bits per heavy atom. The third-order valence-corrected chi connectivity index (χ3v) is 2.10. The highest BCUT2D eigenvalue weighted by Crippen LogP contribution is 2.08.